The predicted molar refractivity (Wildman–Crippen MR) is 66.0 cm³/mol. The molecule has 0 bridgehead atoms. The maximum absolute atomic E-state index is 11.9. The third kappa shape index (κ3) is 2.51. The molecule has 0 spiro atoms. The van der Waals surface area contributed by atoms with Gasteiger partial charge in [-0.15, -0.1) is 0 Å². The molecular formula is C13H16N2O3. The molecule has 1 saturated heterocycles. The number of carbonyl (C=O) groups is 2. The molecule has 1 aromatic carbocycles. The van der Waals surface area contributed by atoms with E-state index in [9.17, 15) is 9.59 Å². The van der Waals surface area contributed by atoms with Crippen molar-refractivity contribution in [3.05, 3.63) is 29.8 Å². The van der Waals surface area contributed by atoms with Crippen LogP contribution in [0, 0.1) is 0 Å². The highest BCUT2D eigenvalue weighted by Crippen LogP contribution is 2.15. The largest absolute Gasteiger partial charge is 0.497 e. The fourth-order valence-electron chi connectivity index (χ4n) is 1.90. The van der Waals surface area contributed by atoms with E-state index in [1.165, 1.54) is 4.90 Å². The van der Waals surface area contributed by atoms with Gasteiger partial charge in [-0.3, -0.25) is 19.8 Å². The molecule has 2 amide bonds. The summed E-state index contributed by atoms with van der Waals surface area (Å²) in [6.45, 7) is 2.26. The average molecular weight is 248 g/mol. The lowest BCUT2D eigenvalue weighted by Gasteiger charge is -2.29. The van der Waals surface area contributed by atoms with Crippen molar-refractivity contribution >= 4 is 11.8 Å². The number of benzene rings is 1. The zero-order valence-electron chi connectivity index (χ0n) is 10.5. The topological polar surface area (TPSA) is 58.6 Å². The van der Waals surface area contributed by atoms with Gasteiger partial charge in [0.25, 0.3) is 0 Å². The molecule has 18 heavy (non-hydrogen) atoms. The van der Waals surface area contributed by atoms with Crippen LogP contribution in [-0.2, 0) is 16.1 Å². The molecule has 1 heterocycles. The number of carbonyl (C=O) groups excluding carboxylic acids is 2. The van der Waals surface area contributed by atoms with Gasteiger partial charge in [-0.2, -0.15) is 0 Å². The van der Waals surface area contributed by atoms with Crippen molar-refractivity contribution in [3.8, 4) is 5.75 Å². The van der Waals surface area contributed by atoms with Gasteiger partial charge in [0.15, 0.2) is 0 Å². The summed E-state index contributed by atoms with van der Waals surface area (Å²) in [6, 6.07) is 7.05. The van der Waals surface area contributed by atoms with E-state index in [-0.39, 0.29) is 24.4 Å². The van der Waals surface area contributed by atoms with Crippen LogP contribution in [0.4, 0.5) is 0 Å². The normalized spacial score (nSPS) is 20.1. The number of rotatable bonds is 3. The van der Waals surface area contributed by atoms with Gasteiger partial charge >= 0.3 is 0 Å². The van der Waals surface area contributed by atoms with Gasteiger partial charge in [0.2, 0.25) is 11.8 Å². The van der Waals surface area contributed by atoms with Crippen LogP contribution in [0.1, 0.15) is 12.5 Å². The molecule has 5 heteroatoms. The Morgan fingerprint density at radius 3 is 2.94 bits per heavy atom. The van der Waals surface area contributed by atoms with E-state index in [1.54, 1.807) is 14.0 Å². The Labute approximate surface area is 106 Å². The molecule has 96 valence electrons. The van der Waals surface area contributed by atoms with Gasteiger partial charge in [0.05, 0.1) is 26.2 Å². The monoisotopic (exact) mass is 248 g/mol. The average Bonchev–Trinajstić information content (AvgIpc) is 2.39. The first-order valence-corrected chi connectivity index (χ1v) is 5.82. The fraction of sp³-hybridized carbons (Fsp3) is 0.385. The Morgan fingerprint density at radius 2 is 2.22 bits per heavy atom. The molecule has 1 aromatic rings. The summed E-state index contributed by atoms with van der Waals surface area (Å²) < 4.78 is 5.12. The molecule has 5 nitrogen and oxygen atoms in total. The van der Waals surface area contributed by atoms with Crippen molar-refractivity contribution in [2.75, 3.05) is 13.7 Å². The molecule has 1 aliphatic rings. The van der Waals surface area contributed by atoms with Crippen LogP contribution >= 0.6 is 0 Å². The molecular weight excluding hydrogens is 232 g/mol. The van der Waals surface area contributed by atoms with Gasteiger partial charge in [-0.25, -0.2) is 0 Å². The smallest absolute Gasteiger partial charge is 0.246 e. The molecule has 0 aliphatic carbocycles. The molecule has 0 saturated carbocycles. The quantitative estimate of drug-likeness (QED) is 0.793. The fourth-order valence-corrected chi connectivity index (χ4v) is 1.90. The zero-order valence-corrected chi connectivity index (χ0v) is 10.5. The van der Waals surface area contributed by atoms with E-state index in [1.807, 2.05) is 24.3 Å². The molecule has 1 unspecified atom stereocenters. The first-order valence-electron chi connectivity index (χ1n) is 5.82. The Hall–Kier alpha value is -1.88. The highest BCUT2D eigenvalue weighted by Gasteiger charge is 2.30. The number of amides is 2. The van der Waals surface area contributed by atoms with E-state index >= 15 is 0 Å². The summed E-state index contributed by atoms with van der Waals surface area (Å²) in [5, 5.41) is 2.85. The third-order valence-electron chi connectivity index (χ3n) is 2.97. The van der Waals surface area contributed by atoms with E-state index < -0.39 is 0 Å². The molecule has 1 aliphatic heterocycles. The van der Waals surface area contributed by atoms with E-state index in [4.69, 9.17) is 4.74 Å². The number of nitrogens with zero attached hydrogens (tertiary/aromatic N) is 1. The summed E-state index contributed by atoms with van der Waals surface area (Å²) in [7, 11) is 1.59. The number of imide groups is 1. The minimum Gasteiger partial charge on any atom is -0.497 e. The van der Waals surface area contributed by atoms with Crippen LogP contribution in [0.25, 0.3) is 0 Å². The molecule has 2 rings (SSSR count). The van der Waals surface area contributed by atoms with Crippen LogP contribution < -0.4 is 10.1 Å². The van der Waals surface area contributed by atoms with Crippen LogP contribution in [0.2, 0.25) is 0 Å². The third-order valence-corrected chi connectivity index (χ3v) is 2.97. The molecule has 0 radical (unpaired) electrons. The molecule has 0 aromatic heterocycles. The Kier molecular flexibility index (Phi) is 3.62. The Balaban J connectivity index is 2.16. The summed E-state index contributed by atoms with van der Waals surface area (Å²) >= 11 is 0. The van der Waals surface area contributed by atoms with Crippen molar-refractivity contribution < 1.29 is 14.3 Å². The Bertz CT molecular complexity index is 473. The van der Waals surface area contributed by atoms with Crippen LogP contribution in [0.3, 0.4) is 0 Å². The highest BCUT2D eigenvalue weighted by molar-refractivity contribution is 6.00. The summed E-state index contributed by atoms with van der Waals surface area (Å²) in [4.78, 5) is 24.9. The number of nitrogens with one attached hydrogen (secondary N) is 1. The number of ether oxygens (including phenoxy) is 1. The minimum absolute atomic E-state index is 0.186. The number of methoxy groups -OCH3 is 1. The number of hydrogen-bond donors (Lipinski definition) is 1. The van der Waals surface area contributed by atoms with Gasteiger partial charge in [0, 0.05) is 0 Å². The first-order chi connectivity index (χ1) is 8.61. The summed E-state index contributed by atoms with van der Waals surface area (Å²) in [5.41, 5.74) is 0.880. The minimum atomic E-state index is -0.312. The van der Waals surface area contributed by atoms with Crippen molar-refractivity contribution in [3.63, 3.8) is 0 Å². The van der Waals surface area contributed by atoms with Crippen molar-refractivity contribution in [1.82, 2.24) is 10.2 Å². The first kappa shape index (κ1) is 12.6. The zero-order chi connectivity index (χ0) is 13.1. The SMILES string of the molecule is COc1cccc(CN2C(=O)CNC(C)C2=O)c1. The van der Waals surface area contributed by atoms with Crippen LogP contribution in [-0.4, -0.2) is 36.4 Å². The number of hydrogen-bond acceptors (Lipinski definition) is 4. The lowest BCUT2D eigenvalue weighted by Crippen LogP contribution is -2.56. The standard InChI is InChI=1S/C13H16N2O3/c1-9-13(17)15(12(16)7-14-9)8-10-4-3-5-11(6-10)18-2/h3-6,9,14H,7-8H2,1-2H3. The van der Waals surface area contributed by atoms with E-state index in [2.05, 4.69) is 5.32 Å². The Morgan fingerprint density at radius 1 is 1.44 bits per heavy atom. The van der Waals surface area contributed by atoms with E-state index in [0.717, 1.165) is 11.3 Å². The molecule has 1 fully saturated rings. The summed E-state index contributed by atoms with van der Waals surface area (Å²) in [6.07, 6.45) is 0. The van der Waals surface area contributed by atoms with Crippen LogP contribution in [0.5, 0.6) is 5.75 Å². The van der Waals surface area contributed by atoms with Gasteiger partial charge < -0.3 is 4.74 Å². The predicted octanol–water partition coefficient (Wildman–Crippen LogP) is 0.542. The second kappa shape index (κ2) is 5.18. The number of piperazine rings is 1. The van der Waals surface area contributed by atoms with Crippen molar-refractivity contribution in [2.45, 2.75) is 19.5 Å². The van der Waals surface area contributed by atoms with Crippen molar-refractivity contribution in [2.24, 2.45) is 0 Å². The van der Waals surface area contributed by atoms with Crippen LogP contribution in [0.15, 0.2) is 24.3 Å². The highest BCUT2D eigenvalue weighted by atomic mass is 16.5. The molecule has 1 N–H and O–H groups in total. The van der Waals surface area contributed by atoms with Gasteiger partial charge in [0.1, 0.15) is 5.75 Å². The van der Waals surface area contributed by atoms with Crippen molar-refractivity contribution in [1.29, 1.82) is 0 Å². The molecule has 1 atom stereocenters. The second-order valence-electron chi connectivity index (χ2n) is 4.27. The van der Waals surface area contributed by atoms with E-state index in [0.29, 0.717) is 6.54 Å². The van der Waals surface area contributed by atoms with Gasteiger partial charge in [-0.1, -0.05) is 12.1 Å². The lowest BCUT2D eigenvalue weighted by atomic mass is 10.1. The second-order valence-corrected chi connectivity index (χ2v) is 4.27. The maximum Gasteiger partial charge on any atom is 0.246 e. The maximum atomic E-state index is 11.9. The lowest BCUT2D eigenvalue weighted by molar-refractivity contribution is -0.149. The summed E-state index contributed by atoms with van der Waals surface area (Å²) in [5.74, 6) is 0.338. The van der Waals surface area contributed by atoms with Gasteiger partial charge in [-0.05, 0) is 24.6 Å².